The van der Waals surface area contributed by atoms with Crippen LogP contribution < -0.4 is 5.73 Å². The van der Waals surface area contributed by atoms with Gasteiger partial charge in [-0.1, -0.05) is 19.4 Å². The Morgan fingerprint density at radius 3 is 3.00 bits per heavy atom. The smallest absolute Gasteiger partial charge is 0.123 e. The van der Waals surface area contributed by atoms with E-state index in [0.29, 0.717) is 5.56 Å². The van der Waals surface area contributed by atoms with Crippen LogP contribution in [0.15, 0.2) is 18.2 Å². The van der Waals surface area contributed by atoms with E-state index in [0.717, 1.165) is 31.1 Å². The fourth-order valence-corrected chi connectivity index (χ4v) is 2.88. The van der Waals surface area contributed by atoms with E-state index in [1.807, 2.05) is 0 Å². The third kappa shape index (κ3) is 3.53. The first-order valence-corrected chi connectivity index (χ1v) is 6.95. The number of rotatable bonds is 5. The van der Waals surface area contributed by atoms with Crippen molar-refractivity contribution >= 4 is 5.84 Å². The summed E-state index contributed by atoms with van der Waals surface area (Å²) < 4.78 is 13.2. The van der Waals surface area contributed by atoms with Gasteiger partial charge in [-0.15, -0.1) is 0 Å². The van der Waals surface area contributed by atoms with E-state index >= 15 is 0 Å². The summed E-state index contributed by atoms with van der Waals surface area (Å²) >= 11 is 0. The Bertz CT molecular complexity index is 459. The lowest BCUT2D eigenvalue weighted by molar-refractivity contribution is 0.312. The van der Waals surface area contributed by atoms with Gasteiger partial charge in [-0.2, -0.15) is 0 Å². The molecule has 0 amide bonds. The van der Waals surface area contributed by atoms with Crippen molar-refractivity contribution in [3.63, 3.8) is 0 Å². The molecular formula is C15H22FN3. The molecule has 0 spiro atoms. The molecule has 0 radical (unpaired) electrons. The SMILES string of the molecule is CCCC1CCN(Cc2ccc(F)cc2C(=N)N)C1. The lowest BCUT2D eigenvalue weighted by Crippen LogP contribution is -2.23. The molecule has 4 heteroatoms. The predicted molar refractivity (Wildman–Crippen MR) is 75.7 cm³/mol. The molecule has 1 aliphatic rings. The zero-order valence-corrected chi connectivity index (χ0v) is 11.5. The van der Waals surface area contributed by atoms with Crippen LogP contribution in [0, 0.1) is 17.1 Å². The Morgan fingerprint density at radius 1 is 1.53 bits per heavy atom. The van der Waals surface area contributed by atoms with Gasteiger partial charge in [0, 0.05) is 18.7 Å². The van der Waals surface area contributed by atoms with Crippen LogP contribution in [0.25, 0.3) is 0 Å². The number of nitrogen functional groups attached to an aromatic ring is 1. The zero-order valence-electron chi connectivity index (χ0n) is 11.5. The van der Waals surface area contributed by atoms with Crippen LogP contribution >= 0.6 is 0 Å². The van der Waals surface area contributed by atoms with Crippen molar-refractivity contribution in [2.45, 2.75) is 32.7 Å². The second-order valence-corrected chi connectivity index (χ2v) is 5.39. The molecule has 1 atom stereocenters. The number of hydrogen-bond donors (Lipinski definition) is 2. The second kappa shape index (κ2) is 6.15. The molecule has 1 unspecified atom stereocenters. The Balaban J connectivity index is 2.05. The van der Waals surface area contributed by atoms with Crippen LogP contribution in [-0.4, -0.2) is 23.8 Å². The van der Waals surface area contributed by atoms with Gasteiger partial charge in [0.25, 0.3) is 0 Å². The molecule has 3 nitrogen and oxygen atoms in total. The van der Waals surface area contributed by atoms with E-state index in [9.17, 15) is 4.39 Å². The molecule has 1 aromatic carbocycles. The second-order valence-electron chi connectivity index (χ2n) is 5.39. The molecule has 104 valence electrons. The number of amidine groups is 1. The summed E-state index contributed by atoms with van der Waals surface area (Å²) in [5, 5.41) is 7.55. The van der Waals surface area contributed by atoms with Crippen LogP contribution in [0.5, 0.6) is 0 Å². The van der Waals surface area contributed by atoms with E-state index in [1.165, 1.54) is 31.4 Å². The van der Waals surface area contributed by atoms with Crippen molar-refractivity contribution in [2.24, 2.45) is 11.7 Å². The van der Waals surface area contributed by atoms with Crippen molar-refractivity contribution < 1.29 is 4.39 Å². The van der Waals surface area contributed by atoms with Crippen LogP contribution in [0.2, 0.25) is 0 Å². The number of nitrogens with one attached hydrogen (secondary N) is 1. The Kier molecular flexibility index (Phi) is 4.53. The van der Waals surface area contributed by atoms with E-state index in [4.69, 9.17) is 11.1 Å². The largest absolute Gasteiger partial charge is 0.384 e. The highest BCUT2D eigenvalue weighted by atomic mass is 19.1. The number of likely N-dealkylation sites (tertiary alicyclic amines) is 1. The summed E-state index contributed by atoms with van der Waals surface area (Å²) in [7, 11) is 0. The van der Waals surface area contributed by atoms with Gasteiger partial charge in [0.2, 0.25) is 0 Å². The van der Waals surface area contributed by atoms with Crippen LogP contribution in [0.1, 0.15) is 37.3 Å². The van der Waals surface area contributed by atoms with E-state index in [-0.39, 0.29) is 11.7 Å². The number of nitrogens with two attached hydrogens (primary N) is 1. The van der Waals surface area contributed by atoms with Gasteiger partial charge in [0.05, 0.1) is 0 Å². The first kappa shape index (κ1) is 14.0. The monoisotopic (exact) mass is 263 g/mol. The molecule has 0 bridgehead atoms. The van der Waals surface area contributed by atoms with Crippen LogP contribution in [-0.2, 0) is 6.54 Å². The summed E-state index contributed by atoms with van der Waals surface area (Å²) in [5.74, 6) is 0.393. The molecule has 1 aliphatic heterocycles. The van der Waals surface area contributed by atoms with Gasteiger partial charge in [0.1, 0.15) is 11.7 Å². The third-order valence-electron chi connectivity index (χ3n) is 3.82. The van der Waals surface area contributed by atoms with Gasteiger partial charge >= 0.3 is 0 Å². The minimum atomic E-state index is -0.334. The first-order valence-electron chi connectivity index (χ1n) is 6.95. The molecule has 3 N–H and O–H groups in total. The van der Waals surface area contributed by atoms with E-state index < -0.39 is 0 Å². The van der Waals surface area contributed by atoms with Gasteiger partial charge < -0.3 is 5.73 Å². The Hall–Kier alpha value is -1.42. The molecule has 2 rings (SSSR count). The third-order valence-corrected chi connectivity index (χ3v) is 3.82. The predicted octanol–water partition coefficient (Wildman–Crippen LogP) is 2.73. The fourth-order valence-electron chi connectivity index (χ4n) is 2.88. The number of nitrogens with zero attached hydrogens (tertiary/aromatic N) is 1. The molecule has 0 saturated carbocycles. The van der Waals surface area contributed by atoms with Crippen molar-refractivity contribution in [3.05, 3.63) is 35.1 Å². The molecule has 1 fully saturated rings. The standard InChI is InChI=1S/C15H22FN3/c1-2-3-11-6-7-19(9-11)10-12-4-5-13(16)8-14(12)15(17)18/h4-5,8,11H,2-3,6-7,9-10H2,1H3,(H3,17,18). The normalized spacial score (nSPS) is 19.8. The first-order chi connectivity index (χ1) is 9.10. The van der Waals surface area contributed by atoms with Crippen LogP contribution in [0.4, 0.5) is 4.39 Å². The van der Waals surface area contributed by atoms with Gasteiger partial charge in [-0.25, -0.2) is 4.39 Å². The summed E-state index contributed by atoms with van der Waals surface area (Å²) in [6.07, 6.45) is 3.75. The average molecular weight is 263 g/mol. The summed E-state index contributed by atoms with van der Waals surface area (Å²) in [4.78, 5) is 2.38. The van der Waals surface area contributed by atoms with E-state index in [2.05, 4.69) is 11.8 Å². The van der Waals surface area contributed by atoms with Crippen LogP contribution in [0.3, 0.4) is 0 Å². The average Bonchev–Trinajstić information content (AvgIpc) is 2.79. The maximum absolute atomic E-state index is 13.2. The molecule has 1 heterocycles. The lowest BCUT2D eigenvalue weighted by Gasteiger charge is -2.18. The topological polar surface area (TPSA) is 53.1 Å². The number of benzene rings is 1. The number of hydrogen-bond acceptors (Lipinski definition) is 2. The molecule has 0 aromatic heterocycles. The molecule has 1 saturated heterocycles. The molecule has 0 aliphatic carbocycles. The minimum Gasteiger partial charge on any atom is -0.384 e. The minimum absolute atomic E-state index is 0.0567. The van der Waals surface area contributed by atoms with Gasteiger partial charge in [0.15, 0.2) is 0 Å². The summed E-state index contributed by atoms with van der Waals surface area (Å²) in [5.41, 5.74) is 7.01. The highest BCUT2D eigenvalue weighted by Gasteiger charge is 2.22. The zero-order chi connectivity index (χ0) is 13.8. The van der Waals surface area contributed by atoms with E-state index in [1.54, 1.807) is 6.07 Å². The van der Waals surface area contributed by atoms with Gasteiger partial charge in [-0.05, 0) is 43.0 Å². The number of halogens is 1. The van der Waals surface area contributed by atoms with Crippen molar-refractivity contribution in [1.29, 1.82) is 5.41 Å². The van der Waals surface area contributed by atoms with Crippen molar-refractivity contribution in [2.75, 3.05) is 13.1 Å². The quantitative estimate of drug-likeness (QED) is 0.634. The molecular weight excluding hydrogens is 241 g/mol. The fraction of sp³-hybridized carbons (Fsp3) is 0.533. The maximum Gasteiger partial charge on any atom is 0.123 e. The van der Waals surface area contributed by atoms with Crippen molar-refractivity contribution in [1.82, 2.24) is 4.90 Å². The highest BCUT2D eigenvalue weighted by Crippen LogP contribution is 2.23. The Labute approximate surface area is 114 Å². The molecule has 19 heavy (non-hydrogen) atoms. The maximum atomic E-state index is 13.2. The summed E-state index contributed by atoms with van der Waals surface area (Å²) in [6, 6.07) is 4.55. The highest BCUT2D eigenvalue weighted by molar-refractivity contribution is 5.96. The lowest BCUT2D eigenvalue weighted by atomic mass is 10.0. The van der Waals surface area contributed by atoms with Crippen molar-refractivity contribution in [3.8, 4) is 0 Å². The molecule has 1 aromatic rings. The van der Waals surface area contributed by atoms with Gasteiger partial charge in [-0.3, -0.25) is 10.3 Å². The summed E-state index contributed by atoms with van der Waals surface area (Å²) in [6.45, 7) is 5.16. The Morgan fingerprint density at radius 2 is 2.32 bits per heavy atom.